The number of para-hydroxylation sites is 1. The number of carbonyl (C=O) groups is 1. The molecule has 0 aliphatic rings. The first-order chi connectivity index (χ1) is 11.7. The van der Waals surface area contributed by atoms with E-state index in [1.807, 2.05) is 51.1 Å². The maximum absolute atomic E-state index is 11.8. The Morgan fingerprint density at radius 2 is 1.96 bits per heavy atom. The molecule has 0 saturated heterocycles. The largest absolute Gasteiger partial charge is 0.478 e. The van der Waals surface area contributed by atoms with Crippen LogP contribution >= 0.6 is 0 Å². The van der Waals surface area contributed by atoms with Gasteiger partial charge < -0.3 is 20.1 Å². The molecule has 1 atom stereocenters. The molecule has 0 heterocycles. The molecular formula is C19H29N3O3. The molecule has 25 heavy (non-hydrogen) atoms. The number of benzene rings is 1. The molecule has 1 aromatic rings. The molecule has 0 spiro atoms. The summed E-state index contributed by atoms with van der Waals surface area (Å²) in [5.74, 6) is 1.02. The van der Waals surface area contributed by atoms with E-state index in [1.165, 1.54) is 0 Å². The minimum Gasteiger partial charge on any atom is -0.478 e. The van der Waals surface area contributed by atoms with Crippen LogP contribution in [0, 0.1) is 17.2 Å². The summed E-state index contributed by atoms with van der Waals surface area (Å²) in [5, 5.41) is 14.9. The van der Waals surface area contributed by atoms with E-state index in [9.17, 15) is 4.79 Å². The summed E-state index contributed by atoms with van der Waals surface area (Å²) in [6.07, 6.45) is -0.419. The van der Waals surface area contributed by atoms with Gasteiger partial charge in [0.05, 0.1) is 0 Å². The number of amides is 1. The van der Waals surface area contributed by atoms with Crippen LogP contribution in [0.25, 0.3) is 0 Å². The van der Waals surface area contributed by atoms with Crippen molar-refractivity contribution in [2.45, 2.75) is 52.8 Å². The van der Waals surface area contributed by atoms with Crippen LogP contribution in [-0.4, -0.2) is 30.9 Å². The summed E-state index contributed by atoms with van der Waals surface area (Å²) in [6, 6.07) is 9.66. The normalized spacial score (nSPS) is 12.4. The molecule has 1 unspecified atom stereocenters. The molecular weight excluding hydrogens is 318 g/mol. The van der Waals surface area contributed by atoms with E-state index in [0.717, 1.165) is 5.56 Å². The third-order valence-corrected chi connectivity index (χ3v) is 3.49. The Morgan fingerprint density at radius 1 is 1.28 bits per heavy atom. The fourth-order valence-electron chi connectivity index (χ4n) is 2.19. The zero-order valence-electron chi connectivity index (χ0n) is 15.8. The number of nitrogens with zero attached hydrogens (tertiary/aromatic N) is 1. The van der Waals surface area contributed by atoms with Crippen molar-refractivity contribution >= 4 is 6.09 Å². The van der Waals surface area contributed by atoms with Gasteiger partial charge >= 0.3 is 6.09 Å². The van der Waals surface area contributed by atoms with Gasteiger partial charge in [0.2, 0.25) is 0 Å². The van der Waals surface area contributed by atoms with E-state index in [1.54, 1.807) is 0 Å². The van der Waals surface area contributed by atoms with Crippen LogP contribution in [0.1, 0.15) is 40.2 Å². The summed E-state index contributed by atoms with van der Waals surface area (Å²) in [7, 11) is 0. The van der Waals surface area contributed by atoms with Crippen LogP contribution in [0.15, 0.2) is 24.3 Å². The number of hydrogen-bond donors (Lipinski definition) is 2. The molecule has 0 fully saturated rings. The minimum absolute atomic E-state index is 0.0187. The predicted octanol–water partition coefficient (Wildman–Crippen LogP) is 3.23. The highest BCUT2D eigenvalue weighted by molar-refractivity contribution is 5.67. The van der Waals surface area contributed by atoms with Crippen LogP contribution < -0.4 is 15.4 Å². The third kappa shape index (κ3) is 8.41. The van der Waals surface area contributed by atoms with E-state index in [4.69, 9.17) is 14.7 Å². The maximum atomic E-state index is 11.8. The monoisotopic (exact) mass is 347 g/mol. The Morgan fingerprint density at radius 3 is 2.56 bits per heavy atom. The lowest BCUT2D eigenvalue weighted by atomic mass is 10.0. The number of hydrogen-bond acceptors (Lipinski definition) is 5. The SMILES string of the molecule is CC(C)C(CNC(=O)OC(C)(C)C)NCc1ccccc1OCC#N. The van der Waals surface area contributed by atoms with Gasteiger partial charge in [-0.2, -0.15) is 5.26 Å². The van der Waals surface area contributed by atoms with Crippen LogP contribution in [0.3, 0.4) is 0 Å². The van der Waals surface area contributed by atoms with Gasteiger partial charge in [0, 0.05) is 24.7 Å². The average Bonchev–Trinajstić information content (AvgIpc) is 2.51. The molecule has 0 bridgehead atoms. The lowest BCUT2D eigenvalue weighted by molar-refractivity contribution is 0.0519. The summed E-state index contributed by atoms with van der Waals surface area (Å²) in [5.41, 5.74) is 0.461. The molecule has 0 radical (unpaired) electrons. The van der Waals surface area contributed by atoms with Crippen molar-refractivity contribution in [3.8, 4) is 11.8 Å². The highest BCUT2D eigenvalue weighted by atomic mass is 16.6. The van der Waals surface area contributed by atoms with E-state index >= 15 is 0 Å². The van der Waals surface area contributed by atoms with E-state index in [-0.39, 0.29) is 12.6 Å². The number of rotatable bonds is 8. The van der Waals surface area contributed by atoms with E-state index in [0.29, 0.717) is 24.8 Å². The van der Waals surface area contributed by atoms with Gasteiger partial charge in [-0.3, -0.25) is 0 Å². The van der Waals surface area contributed by atoms with E-state index in [2.05, 4.69) is 24.5 Å². The summed E-state index contributed by atoms with van der Waals surface area (Å²) in [6.45, 7) is 10.8. The van der Waals surface area contributed by atoms with Crippen molar-refractivity contribution in [3.05, 3.63) is 29.8 Å². The molecule has 6 nitrogen and oxygen atoms in total. The zero-order chi connectivity index (χ0) is 18.9. The van der Waals surface area contributed by atoms with Gasteiger partial charge in [0.25, 0.3) is 0 Å². The van der Waals surface area contributed by atoms with Gasteiger partial charge in [-0.1, -0.05) is 32.0 Å². The lowest BCUT2D eigenvalue weighted by Gasteiger charge is -2.25. The van der Waals surface area contributed by atoms with Crippen molar-refractivity contribution < 1.29 is 14.3 Å². The van der Waals surface area contributed by atoms with Crippen molar-refractivity contribution in [1.82, 2.24) is 10.6 Å². The van der Waals surface area contributed by atoms with Crippen molar-refractivity contribution in [2.24, 2.45) is 5.92 Å². The second kappa shape index (κ2) is 9.90. The first kappa shape index (κ1) is 20.8. The second-order valence-corrected chi connectivity index (χ2v) is 7.17. The van der Waals surface area contributed by atoms with Crippen LogP contribution in [0.2, 0.25) is 0 Å². The summed E-state index contributed by atoms with van der Waals surface area (Å²) < 4.78 is 10.7. The molecule has 0 aromatic heterocycles. The highest BCUT2D eigenvalue weighted by Crippen LogP contribution is 2.18. The van der Waals surface area contributed by atoms with Gasteiger partial charge in [0.1, 0.15) is 17.4 Å². The van der Waals surface area contributed by atoms with Gasteiger partial charge in [-0.05, 0) is 32.8 Å². The zero-order valence-corrected chi connectivity index (χ0v) is 15.8. The number of carbonyl (C=O) groups excluding carboxylic acids is 1. The van der Waals surface area contributed by atoms with E-state index < -0.39 is 11.7 Å². The number of nitriles is 1. The summed E-state index contributed by atoms with van der Waals surface area (Å²) in [4.78, 5) is 11.8. The fraction of sp³-hybridized carbons (Fsp3) is 0.579. The molecule has 2 N–H and O–H groups in total. The first-order valence-electron chi connectivity index (χ1n) is 8.51. The Labute approximate surface area is 150 Å². The molecule has 138 valence electrons. The fourth-order valence-corrected chi connectivity index (χ4v) is 2.19. The quantitative estimate of drug-likeness (QED) is 0.754. The lowest BCUT2D eigenvalue weighted by Crippen LogP contribution is -2.45. The number of nitrogens with one attached hydrogen (secondary N) is 2. The molecule has 1 rings (SSSR count). The van der Waals surface area contributed by atoms with Gasteiger partial charge in [-0.15, -0.1) is 0 Å². The van der Waals surface area contributed by atoms with Crippen molar-refractivity contribution in [1.29, 1.82) is 5.26 Å². The Bertz CT molecular complexity index is 588. The molecule has 0 aliphatic heterocycles. The minimum atomic E-state index is -0.512. The highest BCUT2D eigenvalue weighted by Gasteiger charge is 2.19. The average molecular weight is 347 g/mol. The summed E-state index contributed by atoms with van der Waals surface area (Å²) >= 11 is 0. The predicted molar refractivity (Wildman–Crippen MR) is 97.3 cm³/mol. The maximum Gasteiger partial charge on any atom is 0.407 e. The van der Waals surface area contributed by atoms with Crippen molar-refractivity contribution in [3.63, 3.8) is 0 Å². The second-order valence-electron chi connectivity index (χ2n) is 7.17. The Kier molecular flexibility index (Phi) is 8.23. The molecule has 0 saturated carbocycles. The number of ether oxygens (including phenoxy) is 2. The Balaban J connectivity index is 2.59. The Hall–Kier alpha value is -2.26. The topological polar surface area (TPSA) is 83.4 Å². The molecule has 6 heteroatoms. The number of alkyl carbamates (subject to hydrolysis) is 1. The first-order valence-corrected chi connectivity index (χ1v) is 8.51. The van der Waals surface area contributed by atoms with Crippen LogP contribution in [0.5, 0.6) is 5.75 Å². The third-order valence-electron chi connectivity index (χ3n) is 3.49. The van der Waals surface area contributed by atoms with Crippen molar-refractivity contribution in [2.75, 3.05) is 13.2 Å². The van der Waals surface area contributed by atoms with Gasteiger partial charge in [-0.25, -0.2) is 4.79 Å². The smallest absolute Gasteiger partial charge is 0.407 e. The van der Waals surface area contributed by atoms with Crippen LogP contribution in [-0.2, 0) is 11.3 Å². The van der Waals surface area contributed by atoms with Gasteiger partial charge in [0.15, 0.2) is 6.61 Å². The standard InChI is InChI=1S/C19H29N3O3/c1-14(2)16(13-22-18(23)25-19(3,4)5)21-12-15-8-6-7-9-17(15)24-11-10-20/h6-9,14,16,21H,11-13H2,1-5H3,(H,22,23). The van der Waals surface area contributed by atoms with Crippen LogP contribution in [0.4, 0.5) is 4.79 Å². The molecule has 1 amide bonds. The molecule has 0 aliphatic carbocycles. The molecule has 1 aromatic carbocycles.